The highest BCUT2D eigenvalue weighted by atomic mass is 16.5. The summed E-state index contributed by atoms with van der Waals surface area (Å²) in [5, 5.41) is 2.84. The van der Waals surface area contributed by atoms with E-state index in [1.807, 2.05) is 19.1 Å². The summed E-state index contributed by atoms with van der Waals surface area (Å²) in [4.78, 5) is 23.3. The van der Waals surface area contributed by atoms with Crippen LogP contribution in [0.1, 0.15) is 40.2 Å². The van der Waals surface area contributed by atoms with Gasteiger partial charge in [-0.3, -0.25) is 9.78 Å². The van der Waals surface area contributed by atoms with E-state index in [0.717, 1.165) is 66.6 Å². The molecule has 1 fully saturated rings. The Balaban J connectivity index is 1.25. The fraction of sp³-hybridized carbons (Fsp3) is 0.450. The van der Waals surface area contributed by atoms with Crippen LogP contribution in [0, 0.1) is 6.92 Å². The van der Waals surface area contributed by atoms with Crippen molar-refractivity contribution in [3.8, 4) is 11.5 Å². The average molecular weight is 366 g/mol. The molecule has 1 saturated heterocycles. The highest BCUT2D eigenvalue weighted by Crippen LogP contribution is 2.30. The smallest absolute Gasteiger partial charge is 0.253 e. The summed E-state index contributed by atoms with van der Waals surface area (Å²) < 4.78 is 11.7. The molecule has 0 spiro atoms. The molecule has 7 nitrogen and oxygen atoms in total. The van der Waals surface area contributed by atoms with Gasteiger partial charge in [0.15, 0.2) is 0 Å². The number of hydrogen-bond acceptors (Lipinski definition) is 6. The molecule has 0 saturated carbocycles. The number of nitrogens with zero attached hydrogens (tertiary/aromatic N) is 3. The predicted octanol–water partition coefficient (Wildman–Crippen LogP) is 2.01. The van der Waals surface area contributed by atoms with Crippen molar-refractivity contribution >= 4 is 11.7 Å². The van der Waals surface area contributed by atoms with E-state index in [1.165, 1.54) is 0 Å². The van der Waals surface area contributed by atoms with Crippen molar-refractivity contribution in [1.29, 1.82) is 0 Å². The molecule has 3 aliphatic heterocycles. The molecule has 2 aromatic rings. The fourth-order valence-electron chi connectivity index (χ4n) is 4.02. The number of fused-ring (bicyclic) bond motifs is 2. The lowest BCUT2D eigenvalue weighted by molar-refractivity contribution is 0.0965. The quantitative estimate of drug-likeness (QED) is 0.896. The molecule has 140 valence electrons. The Kier molecular flexibility index (Phi) is 3.88. The van der Waals surface area contributed by atoms with Crippen LogP contribution in [0.5, 0.6) is 11.5 Å². The molecule has 7 heteroatoms. The third-order valence-corrected chi connectivity index (χ3v) is 5.47. The van der Waals surface area contributed by atoms with Crippen LogP contribution in [0.25, 0.3) is 0 Å². The average Bonchev–Trinajstić information content (AvgIpc) is 3.28. The van der Waals surface area contributed by atoms with Gasteiger partial charge in [0.05, 0.1) is 36.3 Å². The maximum absolute atomic E-state index is 11.8. The Morgan fingerprint density at radius 3 is 2.96 bits per heavy atom. The SMILES string of the molecule is Cc1cc2c(nc1N1CCC(Oc3cnc4c(c3)OCC4)CC1)CNC2=O. The van der Waals surface area contributed by atoms with Crippen molar-refractivity contribution in [3.05, 3.63) is 40.8 Å². The molecule has 5 rings (SSSR count). The van der Waals surface area contributed by atoms with Gasteiger partial charge in [0.25, 0.3) is 5.91 Å². The van der Waals surface area contributed by atoms with Gasteiger partial charge in [-0.1, -0.05) is 0 Å². The summed E-state index contributed by atoms with van der Waals surface area (Å²) in [6.07, 6.45) is 4.69. The monoisotopic (exact) mass is 366 g/mol. The van der Waals surface area contributed by atoms with E-state index in [9.17, 15) is 4.79 Å². The van der Waals surface area contributed by atoms with Crippen LogP contribution < -0.4 is 19.7 Å². The number of ether oxygens (including phenoxy) is 2. The molecule has 0 aromatic carbocycles. The molecule has 1 amide bonds. The van der Waals surface area contributed by atoms with Gasteiger partial charge in [-0.25, -0.2) is 4.98 Å². The molecule has 0 aliphatic carbocycles. The van der Waals surface area contributed by atoms with E-state index < -0.39 is 0 Å². The number of rotatable bonds is 3. The van der Waals surface area contributed by atoms with E-state index >= 15 is 0 Å². The molecule has 5 heterocycles. The molecule has 2 aromatic heterocycles. The predicted molar refractivity (Wildman–Crippen MR) is 99.4 cm³/mol. The largest absolute Gasteiger partial charge is 0.491 e. The number of hydrogen-bond donors (Lipinski definition) is 1. The van der Waals surface area contributed by atoms with Gasteiger partial charge in [-0.15, -0.1) is 0 Å². The van der Waals surface area contributed by atoms with Crippen molar-refractivity contribution in [2.45, 2.75) is 38.8 Å². The van der Waals surface area contributed by atoms with Crippen LogP contribution in [0.4, 0.5) is 5.82 Å². The topological polar surface area (TPSA) is 76.6 Å². The minimum atomic E-state index is -0.0220. The Morgan fingerprint density at radius 1 is 1.26 bits per heavy atom. The van der Waals surface area contributed by atoms with E-state index in [4.69, 9.17) is 14.5 Å². The Morgan fingerprint density at radius 2 is 2.11 bits per heavy atom. The molecule has 0 radical (unpaired) electrons. The highest BCUT2D eigenvalue weighted by Gasteiger charge is 2.27. The van der Waals surface area contributed by atoms with E-state index in [1.54, 1.807) is 6.20 Å². The molecule has 0 atom stereocenters. The standard InChI is InChI=1S/C20H22N4O3/c1-12-8-15-17(11-22-20(15)25)23-19(12)24-5-2-13(3-6-24)27-14-9-18-16(21-10-14)4-7-26-18/h8-10,13H,2-7,11H2,1H3,(H,22,25). The van der Waals surface area contributed by atoms with Gasteiger partial charge < -0.3 is 19.7 Å². The highest BCUT2D eigenvalue weighted by molar-refractivity contribution is 5.98. The number of nitrogens with one attached hydrogen (secondary N) is 1. The number of pyridine rings is 2. The number of carbonyl (C=O) groups is 1. The first-order valence-electron chi connectivity index (χ1n) is 9.49. The zero-order chi connectivity index (χ0) is 18.4. The second-order valence-electron chi connectivity index (χ2n) is 7.32. The minimum Gasteiger partial charge on any atom is -0.491 e. The van der Waals surface area contributed by atoms with Crippen LogP contribution in [-0.2, 0) is 13.0 Å². The van der Waals surface area contributed by atoms with Gasteiger partial charge in [-0.05, 0) is 18.6 Å². The normalized spacial score (nSPS) is 18.7. The third kappa shape index (κ3) is 2.97. The van der Waals surface area contributed by atoms with Crippen LogP contribution in [-0.4, -0.2) is 41.7 Å². The van der Waals surface area contributed by atoms with E-state index in [2.05, 4.69) is 15.2 Å². The van der Waals surface area contributed by atoms with Crippen LogP contribution in [0.15, 0.2) is 18.3 Å². The van der Waals surface area contributed by atoms with Crippen molar-refractivity contribution in [3.63, 3.8) is 0 Å². The molecular weight excluding hydrogens is 344 g/mol. The zero-order valence-corrected chi connectivity index (χ0v) is 15.3. The Labute approximate surface area is 157 Å². The summed E-state index contributed by atoms with van der Waals surface area (Å²) >= 11 is 0. The summed E-state index contributed by atoms with van der Waals surface area (Å²) in [6, 6.07) is 3.91. The third-order valence-electron chi connectivity index (χ3n) is 5.47. The number of anilines is 1. The first-order valence-corrected chi connectivity index (χ1v) is 9.49. The van der Waals surface area contributed by atoms with E-state index in [0.29, 0.717) is 18.7 Å². The second kappa shape index (κ2) is 6.40. The molecule has 3 aliphatic rings. The Bertz CT molecular complexity index is 906. The fourth-order valence-corrected chi connectivity index (χ4v) is 4.02. The van der Waals surface area contributed by atoms with Gasteiger partial charge in [-0.2, -0.15) is 0 Å². The lowest BCUT2D eigenvalue weighted by Crippen LogP contribution is -2.39. The number of piperidine rings is 1. The number of aryl methyl sites for hydroxylation is 1. The van der Waals surface area contributed by atoms with Crippen LogP contribution in [0.2, 0.25) is 0 Å². The van der Waals surface area contributed by atoms with Gasteiger partial charge in [0.1, 0.15) is 23.4 Å². The van der Waals surface area contributed by atoms with Crippen LogP contribution in [0.3, 0.4) is 0 Å². The van der Waals surface area contributed by atoms with Crippen molar-refractivity contribution < 1.29 is 14.3 Å². The van der Waals surface area contributed by atoms with Crippen molar-refractivity contribution in [2.75, 3.05) is 24.6 Å². The van der Waals surface area contributed by atoms with Crippen molar-refractivity contribution in [1.82, 2.24) is 15.3 Å². The number of aromatic nitrogens is 2. The molecule has 0 unspecified atom stereocenters. The lowest BCUT2D eigenvalue weighted by atomic mass is 10.1. The summed E-state index contributed by atoms with van der Waals surface area (Å²) in [7, 11) is 0. The Hall–Kier alpha value is -2.83. The van der Waals surface area contributed by atoms with Gasteiger partial charge in [0.2, 0.25) is 0 Å². The van der Waals surface area contributed by atoms with Crippen LogP contribution >= 0.6 is 0 Å². The minimum absolute atomic E-state index is 0.0220. The summed E-state index contributed by atoms with van der Waals surface area (Å²) in [5.74, 6) is 2.60. The second-order valence-corrected chi connectivity index (χ2v) is 7.32. The molecule has 0 bridgehead atoms. The lowest BCUT2D eigenvalue weighted by Gasteiger charge is -2.33. The molecular formula is C20H22N4O3. The summed E-state index contributed by atoms with van der Waals surface area (Å²) in [6.45, 7) is 5.01. The first kappa shape index (κ1) is 16.4. The zero-order valence-electron chi connectivity index (χ0n) is 15.3. The summed E-state index contributed by atoms with van der Waals surface area (Å²) in [5.41, 5.74) is 3.62. The number of carbonyl (C=O) groups excluding carboxylic acids is 1. The van der Waals surface area contributed by atoms with Gasteiger partial charge >= 0.3 is 0 Å². The van der Waals surface area contributed by atoms with E-state index in [-0.39, 0.29) is 12.0 Å². The first-order chi connectivity index (χ1) is 13.2. The maximum atomic E-state index is 11.8. The maximum Gasteiger partial charge on any atom is 0.253 e. The van der Waals surface area contributed by atoms with Crippen molar-refractivity contribution in [2.24, 2.45) is 0 Å². The number of amides is 1. The van der Waals surface area contributed by atoms with Gasteiger partial charge in [0, 0.05) is 38.4 Å². The molecule has 27 heavy (non-hydrogen) atoms. The molecule has 1 N–H and O–H groups in total.